The van der Waals surface area contributed by atoms with E-state index in [4.69, 9.17) is 35.6 Å². The zero-order chi connectivity index (χ0) is 30.0. The average molecular weight is 598 g/mol. The third-order valence-corrected chi connectivity index (χ3v) is 9.09. The van der Waals surface area contributed by atoms with Crippen LogP contribution in [-0.4, -0.2) is 77.7 Å². The lowest BCUT2D eigenvalue weighted by molar-refractivity contribution is -0.0109. The number of carbonyl (C=O) groups excluding carboxylic acids is 1. The van der Waals surface area contributed by atoms with E-state index >= 15 is 0 Å². The van der Waals surface area contributed by atoms with Crippen molar-refractivity contribution in [2.24, 2.45) is 11.3 Å². The van der Waals surface area contributed by atoms with E-state index in [1.165, 1.54) is 7.11 Å². The molecule has 1 saturated carbocycles. The Morgan fingerprint density at radius 3 is 2.62 bits per heavy atom. The van der Waals surface area contributed by atoms with Gasteiger partial charge in [-0.25, -0.2) is 14.8 Å². The van der Waals surface area contributed by atoms with Crippen molar-refractivity contribution in [3.05, 3.63) is 45.9 Å². The van der Waals surface area contributed by atoms with E-state index in [0.717, 1.165) is 73.4 Å². The van der Waals surface area contributed by atoms with E-state index in [1.807, 2.05) is 19.9 Å². The van der Waals surface area contributed by atoms with Crippen molar-refractivity contribution in [3.63, 3.8) is 0 Å². The first-order valence-electron chi connectivity index (χ1n) is 14.5. The molecule has 1 unspecified atom stereocenters. The minimum atomic E-state index is -0.638. The highest BCUT2D eigenvalue weighted by atomic mass is 35.5. The van der Waals surface area contributed by atoms with E-state index in [2.05, 4.69) is 17.4 Å². The third kappa shape index (κ3) is 6.26. The lowest BCUT2D eigenvalue weighted by atomic mass is 9.56. The van der Waals surface area contributed by atoms with Gasteiger partial charge >= 0.3 is 6.09 Å². The number of carbonyl (C=O) groups is 1. The molecule has 1 aliphatic heterocycles. The number of likely N-dealkylation sites (tertiary alicyclic amines) is 1. The van der Waals surface area contributed by atoms with Crippen molar-refractivity contribution in [3.8, 4) is 28.4 Å². The maximum Gasteiger partial charge on any atom is 0.409 e. The molecule has 2 fully saturated rings. The van der Waals surface area contributed by atoms with Crippen LogP contribution in [0.15, 0.2) is 22.7 Å². The second-order valence-corrected chi connectivity index (χ2v) is 12.2. The number of rotatable bonds is 9. The molecule has 1 aliphatic carbocycles. The van der Waals surface area contributed by atoms with E-state index in [9.17, 15) is 9.90 Å². The summed E-state index contributed by atoms with van der Waals surface area (Å²) in [5.74, 6) is 2.28. The predicted octanol–water partition coefficient (Wildman–Crippen LogP) is 5.14. The van der Waals surface area contributed by atoms with Gasteiger partial charge in [0.05, 0.1) is 29.1 Å². The summed E-state index contributed by atoms with van der Waals surface area (Å²) in [6, 6.07) is 5.38. The first-order chi connectivity index (χ1) is 20.1. The Balaban J connectivity index is 1.42. The first-order valence-corrected chi connectivity index (χ1v) is 14.9. The highest BCUT2D eigenvalue weighted by Crippen LogP contribution is 2.53. The highest BCUT2D eigenvalue weighted by molar-refractivity contribution is 6.33. The van der Waals surface area contributed by atoms with Gasteiger partial charge < -0.3 is 29.3 Å². The van der Waals surface area contributed by atoms with Crippen molar-refractivity contribution in [1.82, 2.24) is 25.3 Å². The normalized spacial score (nSPS) is 17.3. The van der Waals surface area contributed by atoms with E-state index < -0.39 is 6.10 Å². The summed E-state index contributed by atoms with van der Waals surface area (Å²) in [6.07, 6.45) is 4.18. The fraction of sp³-hybridized carbons (Fsp3) is 0.548. The SMILES string of the molecule is CNCC(O)COc1ccc(Cl)c(-c2nc(CC3CC4(CCN(C(=O)OC)CC4)C3)c(C)c(-c3c(C)noc3C)n2)c1. The molecule has 2 N–H and O–H groups in total. The molecule has 3 aromatic rings. The van der Waals surface area contributed by atoms with Gasteiger partial charge in [-0.15, -0.1) is 0 Å². The van der Waals surface area contributed by atoms with E-state index in [-0.39, 0.29) is 18.1 Å². The van der Waals surface area contributed by atoms with Gasteiger partial charge in [-0.05, 0) is 95.0 Å². The molecule has 1 spiro atoms. The summed E-state index contributed by atoms with van der Waals surface area (Å²) in [6.45, 7) is 7.94. The smallest absolute Gasteiger partial charge is 0.409 e. The summed E-state index contributed by atoms with van der Waals surface area (Å²) >= 11 is 6.70. The zero-order valence-electron chi connectivity index (χ0n) is 25.0. The molecule has 3 heterocycles. The van der Waals surface area contributed by atoms with Gasteiger partial charge in [0, 0.05) is 30.9 Å². The first kappa shape index (κ1) is 30.3. The van der Waals surface area contributed by atoms with Crippen molar-refractivity contribution in [1.29, 1.82) is 0 Å². The van der Waals surface area contributed by atoms with E-state index in [0.29, 0.717) is 40.4 Å². The number of hydrogen-bond donors (Lipinski definition) is 2. The molecule has 42 heavy (non-hydrogen) atoms. The maximum absolute atomic E-state index is 11.9. The standard InChI is InChI=1S/C31H40ClN5O5/c1-18-26(12-21-14-31(15-21)8-10-37(11-9-31)30(39)40-5)34-29(35-28(18)27-19(2)36-42-20(27)3)24-13-23(6-7-25(24)32)41-17-22(38)16-33-4/h6-7,13,21-22,33,38H,8-12,14-17H2,1-5H3. The minimum Gasteiger partial charge on any atom is -0.491 e. The number of ether oxygens (including phenoxy) is 2. The number of halogens is 1. The highest BCUT2D eigenvalue weighted by Gasteiger charge is 2.46. The fourth-order valence-electron chi connectivity index (χ4n) is 6.48. The van der Waals surface area contributed by atoms with Crippen LogP contribution >= 0.6 is 11.6 Å². The molecule has 0 bridgehead atoms. The van der Waals surface area contributed by atoms with Crippen molar-refractivity contribution < 1.29 is 23.9 Å². The largest absolute Gasteiger partial charge is 0.491 e. The molecule has 0 radical (unpaired) electrons. The number of aromatic nitrogens is 3. The maximum atomic E-state index is 11.9. The van der Waals surface area contributed by atoms with E-state index in [1.54, 1.807) is 24.1 Å². The number of aliphatic hydroxyl groups excluding tert-OH is 1. The molecule has 1 aromatic carbocycles. The van der Waals surface area contributed by atoms with Crippen LogP contribution in [-0.2, 0) is 11.2 Å². The molecule has 11 heteroatoms. The van der Waals surface area contributed by atoms with Crippen LogP contribution in [0, 0.1) is 32.1 Å². The molecule has 1 saturated heterocycles. The minimum absolute atomic E-state index is 0.146. The lowest BCUT2D eigenvalue weighted by Gasteiger charge is -2.52. The van der Waals surface area contributed by atoms with Crippen LogP contribution < -0.4 is 10.1 Å². The molecule has 10 nitrogen and oxygen atoms in total. The predicted molar refractivity (Wildman–Crippen MR) is 160 cm³/mol. The number of piperidine rings is 1. The topological polar surface area (TPSA) is 123 Å². The number of methoxy groups -OCH3 is 1. The Labute approximate surface area is 251 Å². The Morgan fingerprint density at radius 2 is 1.98 bits per heavy atom. The average Bonchev–Trinajstić information content (AvgIpc) is 3.30. The Bertz CT molecular complexity index is 1410. The Morgan fingerprint density at radius 1 is 1.24 bits per heavy atom. The summed E-state index contributed by atoms with van der Waals surface area (Å²) < 4.78 is 16.3. The molecule has 2 aromatic heterocycles. The Kier molecular flexibility index (Phi) is 9.05. The van der Waals surface area contributed by atoms with Crippen LogP contribution in [0.5, 0.6) is 5.75 Å². The second-order valence-electron chi connectivity index (χ2n) is 11.8. The number of amides is 1. The third-order valence-electron chi connectivity index (χ3n) is 8.76. The summed E-state index contributed by atoms with van der Waals surface area (Å²) in [5.41, 5.74) is 5.37. The van der Waals surface area contributed by atoms with Gasteiger partial charge in [0.2, 0.25) is 0 Å². The van der Waals surface area contributed by atoms with Gasteiger partial charge in [-0.2, -0.15) is 0 Å². The van der Waals surface area contributed by atoms with Gasteiger partial charge in [-0.1, -0.05) is 16.8 Å². The van der Waals surface area contributed by atoms with Crippen LogP contribution in [0.1, 0.15) is 48.4 Å². The van der Waals surface area contributed by atoms with Crippen LogP contribution in [0.3, 0.4) is 0 Å². The summed E-state index contributed by atoms with van der Waals surface area (Å²) in [7, 11) is 3.22. The molecule has 226 valence electrons. The number of likely N-dealkylation sites (N-methyl/N-ethyl adjacent to an activating group) is 1. The number of nitrogens with one attached hydrogen (secondary N) is 1. The zero-order valence-corrected chi connectivity index (χ0v) is 25.8. The molecular formula is C31H40ClN5O5. The molecule has 2 aliphatic rings. The lowest BCUT2D eigenvalue weighted by Crippen LogP contribution is -2.49. The summed E-state index contributed by atoms with van der Waals surface area (Å²) in [5, 5.41) is 17.7. The number of nitrogens with zero attached hydrogens (tertiary/aromatic N) is 4. The molecule has 1 atom stereocenters. The van der Waals surface area contributed by atoms with Gasteiger partial charge in [-0.3, -0.25) is 0 Å². The van der Waals surface area contributed by atoms with Crippen LogP contribution in [0.2, 0.25) is 5.02 Å². The van der Waals surface area contributed by atoms with Crippen molar-refractivity contribution >= 4 is 17.7 Å². The molecule has 1 amide bonds. The monoisotopic (exact) mass is 597 g/mol. The van der Waals surface area contributed by atoms with Crippen molar-refractivity contribution in [2.75, 3.05) is 40.4 Å². The van der Waals surface area contributed by atoms with Crippen molar-refractivity contribution in [2.45, 2.75) is 59.0 Å². The van der Waals surface area contributed by atoms with Gasteiger partial charge in [0.15, 0.2) is 5.82 Å². The number of benzene rings is 1. The number of aliphatic hydroxyl groups is 1. The van der Waals surface area contributed by atoms with Crippen LogP contribution in [0.4, 0.5) is 4.79 Å². The Hall–Kier alpha value is -3.21. The van der Waals surface area contributed by atoms with Gasteiger partial charge in [0.1, 0.15) is 24.2 Å². The fourth-order valence-corrected chi connectivity index (χ4v) is 6.69. The summed E-state index contributed by atoms with van der Waals surface area (Å²) in [4.78, 5) is 23.8. The quantitative estimate of drug-likeness (QED) is 0.345. The van der Waals surface area contributed by atoms with Crippen LogP contribution in [0.25, 0.3) is 22.6 Å². The molecular weight excluding hydrogens is 558 g/mol. The number of aryl methyl sites for hydroxylation is 2. The second kappa shape index (κ2) is 12.6. The molecule has 5 rings (SSSR count). The number of hydrogen-bond acceptors (Lipinski definition) is 9. The van der Waals surface area contributed by atoms with Gasteiger partial charge in [0.25, 0.3) is 0 Å².